The number of H-pyrrole nitrogens is 1. The van der Waals surface area contributed by atoms with Gasteiger partial charge in [-0.15, -0.1) is 11.3 Å². The number of carbonyl (C=O) groups is 2. The molecule has 0 atom stereocenters. The number of rotatable bonds is 3. The van der Waals surface area contributed by atoms with Crippen LogP contribution >= 0.6 is 11.3 Å². The summed E-state index contributed by atoms with van der Waals surface area (Å²) in [6.07, 6.45) is 1.60. The number of hydrogen-bond donors (Lipinski definition) is 3. The molecular weight excluding hydrogens is 319 g/mol. The topological polar surface area (TPSA) is 86.9 Å². The lowest BCUT2D eigenvalue weighted by atomic mass is 10.2. The first-order valence-corrected chi connectivity index (χ1v) is 7.47. The maximum atomic E-state index is 12.9. The van der Waals surface area contributed by atoms with Crippen LogP contribution in [0.4, 0.5) is 4.39 Å². The van der Waals surface area contributed by atoms with Crippen LogP contribution in [0.5, 0.6) is 0 Å². The Morgan fingerprint density at radius 2 is 1.83 bits per heavy atom. The van der Waals surface area contributed by atoms with Crippen LogP contribution in [0, 0.1) is 5.82 Å². The highest BCUT2D eigenvalue weighted by molar-refractivity contribution is 7.13. The van der Waals surface area contributed by atoms with E-state index in [1.165, 1.54) is 23.5 Å². The fourth-order valence-electron chi connectivity index (χ4n) is 1.82. The molecule has 0 unspecified atom stereocenters. The molecule has 2 aromatic heterocycles. The van der Waals surface area contributed by atoms with E-state index in [1.807, 2.05) is 0 Å². The first-order chi connectivity index (χ1) is 11.1. The van der Waals surface area contributed by atoms with Crippen molar-refractivity contribution in [3.63, 3.8) is 0 Å². The predicted molar refractivity (Wildman–Crippen MR) is 83.2 cm³/mol. The molecule has 2 amide bonds. The Balaban J connectivity index is 1.64. The van der Waals surface area contributed by atoms with Gasteiger partial charge in [-0.05, 0) is 36.4 Å². The Labute approximate surface area is 134 Å². The molecule has 0 aliphatic heterocycles. The highest BCUT2D eigenvalue weighted by Gasteiger charge is 2.13. The molecular formula is C15H11FN4O2S. The van der Waals surface area contributed by atoms with Crippen LogP contribution in [-0.4, -0.2) is 21.8 Å². The molecule has 0 spiro atoms. The second kappa shape index (κ2) is 6.41. The van der Waals surface area contributed by atoms with Gasteiger partial charge in [-0.25, -0.2) is 9.37 Å². The van der Waals surface area contributed by atoms with E-state index >= 15 is 0 Å². The van der Waals surface area contributed by atoms with Crippen molar-refractivity contribution in [1.82, 2.24) is 20.8 Å². The Hall–Kier alpha value is -3.00. The lowest BCUT2D eigenvalue weighted by Gasteiger charge is -2.04. The van der Waals surface area contributed by atoms with E-state index in [-0.39, 0.29) is 11.5 Å². The summed E-state index contributed by atoms with van der Waals surface area (Å²) in [6, 6.07) is 9.08. The maximum Gasteiger partial charge on any atom is 0.289 e. The van der Waals surface area contributed by atoms with Gasteiger partial charge >= 0.3 is 0 Å². The van der Waals surface area contributed by atoms with Gasteiger partial charge in [-0.3, -0.25) is 20.4 Å². The number of thiazole rings is 1. The maximum absolute atomic E-state index is 12.9. The number of nitrogens with zero attached hydrogens (tertiary/aromatic N) is 1. The molecule has 3 aromatic rings. The number of aromatic amines is 1. The van der Waals surface area contributed by atoms with Crippen molar-refractivity contribution in [2.45, 2.75) is 0 Å². The van der Waals surface area contributed by atoms with Crippen molar-refractivity contribution >= 4 is 23.2 Å². The number of benzene rings is 1. The largest absolute Gasteiger partial charge is 0.357 e. The van der Waals surface area contributed by atoms with Crippen molar-refractivity contribution in [2.75, 3.05) is 0 Å². The number of nitrogens with one attached hydrogen (secondary N) is 3. The van der Waals surface area contributed by atoms with E-state index in [0.717, 1.165) is 0 Å². The Morgan fingerprint density at radius 3 is 2.52 bits per heavy atom. The predicted octanol–water partition coefficient (Wildman–Crippen LogP) is 2.35. The quantitative estimate of drug-likeness (QED) is 0.644. The molecule has 3 rings (SSSR count). The zero-order valence-corrected chi connectivity index (χ0v) is 12.5. The van der Waals surface area contributed by atoms with Crippen molar-refractivity contribution in [3.05, 3.63) is 65.2 Å². The summed E-state index contributed by atoms with van der Waals surface area (Å²) in [6.45, 7) is 0. The SMILES string of the molecule is O=C(NNC(=O)c1ccc[nH]1)c1csc(-c2ccc(F)cc2)n1. The summed E-state index contributed by atoms with van der Waals surface area (Å²) < 4.78 is 12.9. The molecule has 23 heavy (non-hydrogen) atoms. The first-order valence-electron chi connectivity index (χ1n) is 6.59. The van der Waals surface area contributed by atoms with Crippen molar-refractivity contribution in [3.8, 4) is 10.6 Å². The molecule has 0 fully saturated rings. The molecule has 8 heteroatoms. The number of carbonyl (C=O) groups excluding carboxylic acids is 2. The Morgan fingerprint density at radius 1 is 1.09 bits per heavy atom. The van der Waals surface area contributed by atoms with Gasteiger partial charge in [0.25, 0.3) is 11.8 Å². The van der Waals surface area contributed by atoms with E-state index < -0.39 is 11.8 Å². The molecule has 3 N–H and O–H groups in total. The monoisotopic (exact) mass is 330 g/mol. The minimum Gasteiger partial charge on any atom is -0.357 e. The third-order valence-corrected chi connectivity index (χ3v) is 3.85. The molecule has 0 radical (unpaired) electrons. The number of aromatic nitrogens is 2. The Bertz CT molecular complexity index is 828. The smallest absolute Gasteiger partial charge is 0.289 e. The summed E-state index contributed by atoms with van der Waals surface area (Å²) in [5.41, 5.74) is 5.78. The molecule has 0 bridgehead atoms. The van der Waals surface area contributed by atoms with Gasteiger partial charge in [0.2, 0.25) is 0 Å². The average molecular weight is 330 g/mol. The van der Waals surface area contributed by atoms with Crippen LogP contribution in [0.1, 0.15) is 21.0 Å². The molecule has 1 aromatic carbocycles. The van der Waals surface area contributed by atoms with Crippen molar-refractivity contribution in [1.29, 1.82) is 0 Å². The number of hydrogen-bond acceptors (Lipinski definition) is 4. The third-order valence-electron chi connectivity index (χ3n) is 2.96. The zero-order valence-electron chi connectivity index (χ0n) is 11.7. The lowest BCUT2D eigenvalue weighted by molar-refractivity contribution is 0.0842. The van der Waals surface area contributed by atoms with Gasteiger partial charge in [0.1, 0.15) is 22.2 Å². The first kappa shape index (κ1) is 14.9. The van der Waals surface area contributed by atoms with Crippen LogP contribution in [0.15, 0.2) is 48.0 Å². The lowest BCUT2D eigenvalue weighted by Crippen LogP contribution is -2.41. The van der Waals surface area contributed by atoms with E-state index in [4.69, 9.17) is 0 Å². The summed E-state index contributed by atoms with van der Waals surface area (Å²) in [5.74, 6) is -1.33. The minimum atomic E-state index is -0.533. The highest BCUT2D eigenvalue weighted by Crippen LogP contribution is 2.23. The zero-order chi connectivity index (χ0) is 16.2. The van der Waals surface area contributed by atoms with E-state index in [1.54, 1.807) is 35.8 Å². The van der Waals surface area contributed by atoms with E-state index in [2.05, 4.69) is 20.8 Å². The fourth-order valence-corrected chi connectivity index (χ4v) is 2.63. The number of halogens is 1. The van der Waals surface area contributed by atoms with Gasteiger partial charge in [-0.2, -0.15) is 0 Å². The van der Waals surface area contributed by atoms with E-state index in [0.29, 0.717) is 16.3 Å². The molecule has 0 aliphatic rings. The normalized spacial score (nSPS) is 10.3. The van der Waals surface area contributed by atoms with Crippen LogP contribution in [0.3, 0.4) is 0 Å². The van der Waals surface area contributed by atoms with Gasteiger partial charge in [-0.1, -0.05) is 0 Å². The van der Waals surface area contributed by atoms with Gasteiger partial charge in [0, 0.05) is 17.1 Å². The second-order valence-electron chi connectivity index (χ2n) is 4.54. The molecule has 116 valence electrons. The molecule has 0 saturated carbocycles. The number of hydrazine groups is 1. The average Bonchev–Trinajstić information content (AvgIpc) is 3.24. The summed E-state index contributed by atoms with van der Waals surface area (Å²) in [4.78, 5) is 30.6. The van der Waals surface area contributed by atoms with E-state index in [9.17, 15) is 14.0 Å². The van der Waals surface area contributed by atoms with Gasteiger partial charge in [0.15, 0.2) is 0 Å². The highest BCUT2D eigenvalue weighted by atomic mass is 32.1. The van der Waals surface area contributed by atoms with Crippen molar-refractivity contribution in [2.24, 2.45) is 0 Å². The molecule has 6 nitrogen and oxygen atoms in total. The van der Waals surface area contributed by atoms with Crippen molar-refractivity contribution < 1.29 is 14.0 Å². The van der Waals surface area contributed by atoms with Gasteiger partial charge < -0.3 is 4.98 Å². The van der Waals surface area contributed by atoms with Crippen LogP contribution in [0.2, 0.25) is 0 Å². The summed E-state index contributed by atoms with van der Waals surface area (Å²) in [7, 11) is 0. The molecule has 2 heterocycles. The van der Waals surface area contributed by atoms with Crippen LogP contribution < -0.4 is 10.9 Å². The standard InChI is InChI=1S/C15H11FN4O2S/c16-10-5-3-9(4-6-10)15-18-12(8-23-15)14(22)20-19-13(21)11-2-1-7-17-11/h1-8,17H,(H,19,21)(H,20,22). The molecule has 0 aliphatic carbocycles. The van der Waals surface area contributed by atoms with Crippen LogP contribution in [-0.2, 0) is 0 Å². The minimum absolute atomic E-state index is 0.168. The van der Waals surface area contributed by atoms with Crippen LogP contribution in [0.25, 0.3) is 10.6 Å². The fraction of sp³-hybridized carbons (Fsp3) is 0. The Kier molecular flexibility index (Phi) is 4.15. The molecule has 0 saturated heterocycles. The third kappa shape index (κ3) is 3.43. The van der Waals surface area contributed by atoms with Gasteiger partial charge in [0.05, 0.1) is 0 Å². The number of amides is 2. The summed E-state index contributed by atoms with van der Waals surface area (Å²) in [5, 5.41) is 2.15. The summed E-state index contributed by atoms with van der Waals surface area (Å²) >= 11 is 1.26. The second-order valence-corrected chi connectivity index (χ2v) is 5.39.